The molecule has 0 aliphatic heterocycles. The minimum atomic E-state index is -1.01. The summed E-state index contributed by atoms with van der Waals surface area (Å²) in [4.78, 5) is 23.3. The van der Waals surface area contributed by atoms with Gasteiger partial charge in [0.25, 0.3) is 0 Å². The third-order valence-corrected chi connectivity index (χ3v) is 5.63. The molecule has 0 aliphatic carbocycles. The molecule has 6 nitrogen and oxygen atoms in total. The summed E-state index contributed by atoms with van der Waals surface area (Å²) in [6, 6.07) is 8.88. The van der Waals surface area contributed by atoms with E-state index in [1.165, 1.54) is 6.92 Å². The predicted molar refractivity (Wildman–Crippen MR) is 122 cm³/mol. The molecule has 0 atom stereocenters. The smallest absolute Gasteiger partial charge is 0.341 e. The number of carboxylic acid groups (broad SMARTS) is 1. The first kappa shape index (κ1) is 24.3. The van der Waals surface area contributed by atoms with Crippen molar-refractivity contribution in [1.82, 2.24) is 0 Å². The zero-order valence-corrected chi connectivity index (χ0v) is 18.9. The number of hydrogen-bond donors (Lipinski definition) is 2. The largest absolute Gasteiger partial charge is 0.507 e. The van der Waals surface area contributed by atoms with Gasteiger partial charge in [-0.25, -0.2) is 4.79 Å². The van der Waals surface area contributed by atoms with Gasteiger partial charge >= 0.3 is 5.97 Å². The summed E-state index contributed by atoms with van der Waals surface area (Å²) in [7, 11) is 0. The molecular weight excluding hydrogens is 416 g/mol. The Labute approximate surface area is 186 Å². The molecule has 0 spiro atoms. The number of rotatable bonds is 12. The fraction of sp³-hybridized carbons (Fsp3) is 0.333. The maximum Gasteiger partial charge on any atom is 0.341 e. The number of ketones is 1. The van der Waals surface area contributed by atoms with Gasteiger partial charge in [-0.05, 0) is 61.7 Å². The number of phenols is 1. The number of carboxylic acids is 1. The molecule has 31 heavy (non-hydrogen) atoms. The van der Waals surface area contributed by atoms with Crippen molar-refractivity contribution >= 4 is 23.5 Å². The first-order chi connectivity index (χ1) is 14.7. The van der Waals surface area contributed by atoms with Crippen molar-refractivity contribution in [3.63, 3.8) is 0 Å². The highest BCUT2D eigenvalue weighted by molar-refractivity contribution is 7.99. The van der Waals surface area contributed by atoms with E-state index < -0.39 is 5.97 Å². The third kappa shape index (κ3) is 7.07. The first-order valence-corrected chi connectivity index (χ1v) is 10.9. The molecule has 7 heteroatoms. The molecule has 2 aromatic rings. The predicted octanol–water partition coefficient (Wildman–Crippen LogP) is 5.05. The van der Waals surface area contributed by atoms with Crippen LogP contribution in [-0.2, 0) is 11.2 Å². The molecule has 0 aromatic heterocycles. The van der Waals surface area contributed by atoms with Crippen LogP contribution in [0.15, 0.2) is 47.4 Å². The Bertz CT molecular complexity index is 967. The fourth-order valence-corrected chi connectivity index (χ4v) is 3.83. The van der Waals surface area contributed by atoms with E-state index in [0.29, 0.717) is 41.4 Å². The van der Waals surface area contributed by atoms with E-state index in [1.54, 1.807) is 30.0 Å². The van der Waals surface area contributed by atoms with Crippen LogP contribution in [0, 0.1) is 6.92 Å². The molecule has 0 radical (unpaired) electrons. The second-order valence-corrected chi connectivity index (χ2v) is 8.23. The van der Waals surface area contributed by atoms with Gasteiger partial charge in [0.2, 0.25) is 0 Å². The van der Waals surface area contributed by atoms with Crippen LogP contribution in [0.5, 0.6) is 17.2 Å². The monoisotopic (exact) mass is 444 g/mol. The zero-order valence-electron chi connectivity index (χ0n) is 18.1. The van der Waals surface area contributed by atoms with E-state index in [4.69, 9.17) is 14.6 Å². The lowest BCUT2D eigenvalue weighted by molar-refractivity contribution is -0.139. The molecule has 2 N–H and O–H groups in total. The fourth-order valence-electron chi connectivity index (χ4n) is 2.95. The van der Waals surface area contributed by atoms with Crippen molar-refractivity contribution in [3.8, 4) is 17.2 Å². The lowest BCUT2D eigenvalue weighted by atomic mass is 10.0. The first-order valence-electron chi connectivity index (χ1n) is 9.96. The average molecular weight is 445 g/mol. The van der Waals surface area contributed by atoms with Gasteiger partial charge in [-0.2, -0.15) is 0 Å². The zero-order chi connectivity index (χ0) is 23.0. The molecule has 2 aromatic carbocycles. The molecule has 0 unspecified atom stereocenters. The van der Waals surface area contributed by atoms with E-state index in [1.807, 2.05) is 26.0 Å². The van der Waals surface area contributed by atoms with Crippen LogP contribution in [0.2, 0.25) is 0 Å². The normalized spacial score (nSPS) is 10.5. The molecule has 166 valence electrons. The molecule has 0 aliphatic rings. The van der Waals surface area contributed by atoms with Gasteiger partial charge in [0.1, 0.15) is 23.9 Å². The highest BCUT2D eigenvalue weighted by Gasteiger charge is 2.16. The Hall–Kier alpha value is -2.93. The summed E-state index contributed by atoms with van der Waals surface area (Å²) in [6.07, 6.45) is 1.42. The van der Waals surface area contributed by atoms with Crippen LogP contribution in [0.1, 0.15) is 41.8 Å². The van der Waals surface area contributed by atoms with Crippen LogP contribution in [-0.4, -0.2) is 40.9 Å². The number of aliphatic carboxylic acids is 1. The highest BCUT2D eigenvalue weighted by Crippen LogP contribution is 2.33. The Kier molecular flexibility index (Phi) is 9.00. The quantitative estimate of drug-likeness (QED) is 0.269. The highest BCUT2D eigenvalue weighted by atomic mass is 32.2. The van der Waals surface area contributed by atoms with Gasteiger partial charge in [-0.3, -0.25) is 4.79 Å². The van der Waals surface area contributed by atoms with Gasteiger partial charge in [-0.1, -0.05) is 19.9 Å². The number of Topliss-reactive ketones (excluding diaryl/α,β-unsaturated/α-hetero) is 1. The standard InChI is InChI=1S/C24H28O6S/c1-5-6-20-22(10-8-19(17(4)25)24(20)28)29-12-15(2)14-31-18-7-9-21(16(3)11-18)30-13-23(26)27/h7-11,28H,2,5-6,12-14H2,1,3-4H3,(H,26,27). The second-order valence-electron chi connectivity index (χ2n) is 7.18. The van der Waals surface area contributed by atoms with Crippen molar-refractivity contribution in [2.24, 2.45) is 0 Å². The SMILES string of the molecule is C=C(COc1ccc(C(C)=O)c(O)c1CCC)CSc1ccc(OCC(=O)O)c(C)c1. The summed E-state index contributed by atoms with van der Waals surface area (Å²) in [5.41, 5.74) is 2.67. The Morgan fingerprint density at radius 3 is 2.39 bits per heavy atom. The number of carbonyl (C=O) groups excluding carboxylic acids is 1. The van der Waals surface area contributed by atoms with E-state index in [-0.39, 0.29) is 18.1 Å². The minimum Gasteiger partial charge on any atom is -0.507 e. The molecule has 0 bridgehead atoms. The summed E-state index contributed by atoms with van der Waals surface area (Å²) < 4.78 is 11.1. The van der Waals surface area contributed by atoms with Gasteiger partial charge < -0.3 is 19.7 Å². The van der Waals surface area contributed by atoms with E-state index in [2.05, 4.69) is 6.58 Å². The molecule has 2 rings (SSSR count). The van der Waals surface area contributed by atoms with Gasteiger partial charge in [0.15, 0.2) is 12.4 Å². The van der Waals surface area contributed by atoms with Crippen LogP contribution in [0.3, 0.4) is 0 Å². The maximum atomic E-state index is 11.7. The molecule has 0 saturated heterocycles. The summed E-state index contributed by atoms with van der Waals surface area (Å²) in [5.74, 6) is 0.539. The molecular formula is C24H28O6S. The summed E-state index contributed by atoms with van der Waals surface area (Å²) in [5, 5.41) is 19.2. The van der Waals surface area contributed by atoms with Crippen LogP contribution >= 0.6 is 11.8 Å². The maximum absolute atomic E-state index is 11.7. The lowest BCUT2D eigenvalue weighted by Crippen LogP contribution is -2.10. The van der Waals surface area contributed by atoms with Crippen molar-refractivity contribution < 1.29 is 29.3 Å². The van der Waals surface area contributed by atoms with Crippen molar-refractivity contribution in [2.75, 3.05) is 19.0 Å². The van der Waals surface area contributed by atoms with E-state index in [0.717, 1.165) is 22.5 Å². The number of ether oxygens (including phenoxy) is 2. The van der Waals surface area contributed by atoms with Crippen molar-refractivity contribution in [3.05, 3.63) is 59.2 Å². The van der Waals surface area contributed by atoms with Gasteiger partial charge in [0, 0.05) is 16.2 Å². The van der Waals surface area contributed by atoms with Crippen LogP contribution in [0.25, 0.3) is 0 Å². The molecule has 0 amide bonds. The number of phenolic OH excluding ortho intramolecular Hbond substituents is 1. The van der Waals surface area contributed by atoms with Crippen LogP contribution < -0.4 is 9.47 Å². The molecule has 0 saturated carbocycles. The van der Waals surface area contributed by atoms with Crippen molar-refractivity contribution in [2.45, 2.75) is 38.5 Å². The Morgan fingerprint density at radius 2 is 1.77 bits per heavy atom. The summed E-state index contributed by atoms with van der Waals surface area (Å²) in [6.45, 7) is 9.28. The minimum absolute atomic E-state index is 0.00693. The average Bonchev–Trinajstić information content (AvgIpc) is 2.71. The van der Waals surface area contributed by atoms with Crippen LogP contribution in [0.4, 0.5) is 0 Å². The van der Waals surface area contributed by atoms with Gasteiger partial charge in [-0.15, -0.1) is 11.8 Å². The van der Waals surface area contributed by atoms with E-state index >= 15 is 0 Å². The number of carbonyl (C=O) groups is 2. The second kappa shape index (κ2) is 11.5. The topological polar surface area (TPSA) is 93.1 Å². The molecule has 0 heterocycles. The summed E-state index contributed by atoms with van der Waals surface area (Å²) >= 11 is 1.59. The number of aromatic hydroxyl groups is 1. The number of hydrogen-bond acceptors (Lipinski definition) is 6. The third-order valence-electron chi connectivity index (χ3n) is 4.49. The van der Waals surface area contributed by atoms with Gasteiger partial charge in [0.05, 0.1) is 5.56 Å². The Morgan fingerprint density at radius 1 is 1.10 bits per heavy atom. The number of benzene rings is 2. The lowest BCUT2D eigenvalue weighted by Gasteiger charge is -2.15. The number of thioether (sulfide) groups is 1. The molecule has 0 fully saturated rings. The van der Waals surface area contributed by atoms with Crippen molar-refractivity contribution in [1.29, 1.82) is 0 Å². The number of aryl methyl sites for hydroxylation is 1. The Balaban J connectivity index is 1.95. The van der Waals surface area contributed by atoms with E-state index in [9.17, 15) is 14.7 Å².